The molecule has 1 aromatic rings. The van der Waals surface area contributed by atoms with Crippen LogP contribution in [-0.2, 0) is 11.2 Å². The zero-order valence-corrected chi connectivity index (χ0v) is 9.82. The molecular weight excluding hydrogens is 248 g/mol. The molecule has 0 aromatic carbocycles. The molecule has 1 rings (SSSR count). The molecule has 0 fully saturated rings. The van der Waals surface area contributed by atoms with Crippen LogP contribution in [0.15, 0.2) is 12.4 Å². The second-order valence-corrected chi connectivity index (χ2v) is 4.10. The molecule has 0 bridgehead atoms. The first-order chi connectivity index (χ1) is 6.76. The summed E-state index contributed by atoms with van der Waals surface area (Å²) in [5.74, 6) is 0.541. The molecule has 0 N–H and O–H groups in total. The van der Waals surface area contributed by atoms with Gasteiger partial charge in [-0.2, -0.15) is 0 Å². The van der Waals surface area contributed by atoms with E-state index in [-0.39, 0.29) is 4.83 Å². The molecule has 0 radical (unpaired) electrons. The van der Waals surface area contributed by atoms with Crippen molar-refractivity contribution in [2.24, 2.45) is 0 Å². The number of rotatable bonds is 5. The third-order valence-electron chi connectivity index (χ3n) is 1.65. The zero-order valence-electron chi connectivity index (χ0n) is 8.24. The lowest BCUT2D eigenvalue weighted by atomic mass is 10.2. The Balaban J connectivity index is 2.57. The number of hydrogen-bond acceptors (Lipinski definition) is 4. The van der Waals surface area contributed by atoms with Crippen LogP contribution in [0.3, 0.4) is 0 Å². The maximum atomic E-state index is 5.01. The number of halogens is 1. The first-order valence-electron chi connectivity index (χ1n) is 4.24. The van der Waals surface area contributed by atoms with Crippen molar-refractivity contribution < 1.29 is 9.47 Å². The van der Waals surface area contributed by atoms with E-state index in [0.29, 0.717) is 12.5 Å². The predicted octanol–water partition coefficient (Wildman–Crippen LogP) is 1.44. The van der Waals surface area contributed by atoms with Crippen LogP contribution in [0.1, 0.15) is 5.69 Å². The number of alkyl halides is 1. The average Bonchev–Trinajstić information content (AvgIpc) is 2.18. The quantitative estimate of drug-likeness (QED) is 0.752. The van der Waals surface area contributed by atoms with E-state index in [4.69, 9.17) is 9.47 Å². The lowest BCUT2D eigenvalue weighted by molar-refractivity contribution is 0.200. The number of aromatic nitrogens is 2. The Bertz CT molecular complexity index is 283. The van der Waals surface area contributed by atoms with Crippen molar-refractivity contribution >= 4 is 15.9 Å². The Morgan fingerprint density at radius 2 is 2.21 bits per heavy atom. The summed E-state index contributed by atoms with van der Waals surface area (Å²) in [5, 5.41) is 0. The van der Waals surface area contributed by atoms with E-state index in [9.17, 15) is 0 Å². The van der Waals surface area contributed by atoms with Crippen LogP contribution in [0.2, 0.25) is 0 Å². The van der Waals surface area contributed by atoms with Crippen LogP contribution in [-0.4, -0.2) is 35.6 Å². The number of hydrogen-bond donors (Lipinski definition) is 0. The van der Waals surface area contributed by atoms with Crippen molar-refractivity contribution in [3.63, 3.8) is 0 Å². The molecule has 0 aliphatic rings. The summed E-state index contributed by atoms with van der Waals surface area (Å²) in [6, 6.07) is 0. The number of ether oxygens (including phenoxy) is 2. The Morgan fingerprint density at radius 1 is 1.43 bits per heavy atom. The summed E-state index contributed by atoms with van der Waals surface area (Å²) in [7, 11) is 3.25. The molecule has 1 unspecified atom stereocenters. The van der Waals surface area contributed by atoms with Crippen molar-refractivity contribution in [1.82, 2.24) is 9.97 Å². The van der Waals surface area contributed by atoms with E-state index >= 15 is 0 Å². The lowest BCUT2D eigenvalue weighted by Crippen LogP contribution is -2.11. The van der Waals surface area contributed by atoms with E-state index in [1.807, 2.05) is 0 Å². The van der Waals surface area contributed by atoms with Crippen molar-refractivity contribution in [2.75, 3.05) is 20.8 Å². The van der Waals surface area contributed by atoms with Gasteiger partial charge in [-0.05, 0) is 0 Å². The topological polar surface area (TPSA) is 44.2 Å². The summed E-state index contributed by atoms with van der Waals surface area (Å²) < 4.78 is 9.98. The number of methoxy groups -OCH3 is 2. The van der Waals surface area contributed by atoms with Crippen LogP contribution >= 0.6 is 15.9 Å². The van der Waals surface area contributed by atoms with Gasteiger partial charge in [0.15, 0.2) is 0 Å². The van der Waals surface area contributed by atoms with Gasteiger partial charge >= 0.3 is 0 Å². The second-order valence-electron chi connectivity index (χ2n) is 2.81. The minimum Gasteiger partial charge on any atom is -0.480 e. The van der Waals surface area contributed by atoms with E-state index in [2.05, 4.69) is 25.9 Å². The molecule has 78 valence electrons. The van der Waals surface area contributed by atoms with Gasteiger partial charge in [-0.15, -0.1) is 0 Å². The first-order valence-corrected chi connectivity index (χ1v) is 5.15. The molecule has 0 aliphatic carbocycles. The fourth-order valence-electron chi connectivity index (χ4n) is 1.05. The summed E-state index contributed by atoms with van der Waals surface area (Å²) in [4.78, 5) is 8.52. The normalized spacial score (nSPS) is 12.5. The van der Waals surface area contributed by atoms with Crippen LogP contribution in [0.25, 0.3) is 0 Å². The van der Waals surface area contributed by atoms with Gasteiger partial charge in [0.25, 0.3) is 0 Å². The monoisotopic (exact) mass is 260 g/mol. The van der Waals surface area contributed by atoms with Gasteiger partial charge in [0.1, 0.15) is 0 Å². The summed E-state index contributed by atoms with van der Waals surface area (Å²) in [6.07, 6.45) is 4.09. The average molecular weight is 261 g/mol. The van der Waals surface area contributed by atoms with Gasteiger partial charge in [-0.25, -0.2) is 4.98 Å². The molecule has 1 aromatic heterocycles. The molecule has 0 saturated carbocycles. The largest absolute Gasteiger partial charge is 0.480 e. The smallest absolute Gasteiger partial charge is 0.232 e. The minimum atomic E-state index is 0.258. The summed E-state index contributed by atoms with van der Waals surface area (Å²) in [6.45, 7) is 0.652. The lowest BCUT2D eigenvalue weighted by Gasteiger charge is -2.07. The fourth-order valence-corrected chi connectivity index (χ4v) is 1.65. The highest BCUT2D eigenvalue weighted by molar-refractivity contribution is 9.09. The summed E-state index contributed by atoms with van der Waals surface area (Å²) in [5.41, 5.74) is 0.892. The molecule has 0 aliphatic heterocycles. The number of nitrogens with zero attached hydrogens (tertiary/aromatic N) is 2. The maximum Gasteiger partial charge on any atom is 0.232 e. The second kappa shape index (κ2) is 5.93. The van der Waals surface area contributed by atoms with Gasteiger partial charge < -0.3 is 9.47 Å². The van der Waals surface area contributed by atoms with Gasteiger partial charge in [-0.1, -0.05) is 15.9 Å². The molecule has 0 spiro atoms. The van der Waals surface area contributed by atoms with Crippen molar-refractivity contribution in [3.8, 4) is 5.88 Å². The van der Waals surface area contributed by atoms with E-state index < -0.39 is 0 Å². The molecule has 1 heterocycles. The van der Waals surface area contributed by atoms with Crippen LogP contribution in [0.5, 0.6) is 5.88 Å². The minimum absolute atomic E-state index is 0.258. The van der Waals surface area contributed by atoms with Crippen LogP contribution in [0.4, 0.5) is 0 Å². The van der Waals surface area contributed by atoms with Crippen LogP contribution in [0, 0.1) is 0 Å². The molecule has 1 atom stereocenters. The third-order valence-corrected chi connectivity index (χ3v) is 2.24. The standard InChI is InChI=1S/C9H13BrN2O2/c1-13-6-7(10)3-8-4-11-5-9(12-8)14-2/h4-5,7H,3,6H2,1-2H3. The Labute approximate surface area is 91.8 Å². The Kier molecular flexibility index (Phi) is 4.82. The Hall–Kier alpha value is -0.680. The van der Waals surface area contributed by atoms with Gasteiger partial charge in [-0.3, -0.25) is 4.98 Å². The predicted molar refractivity (Wildman–Crippen MR) is 56.9 cm³/mol. The SMILES string of the molecule is COCC(Br)Cc1cncc(OC)n1. The van der Waals surface area contributed by atoms with Crippen LogP contribution < -0.4 is 4.74 Å². The Morgan fingerprint density at radius 3 is 2.86 bits per heavy atom. The zero-order chi connectivity index (χ0) is 10.4. The van der Waals surface area contributed by atoms with Crippen molar-refractivity contribution in [2.45, 2.75) is 11.2 Å². The highest BCUT2D eigenvalue weighted by Gasteiger charge is 2.07. The van der Waals surface area contributed by atoms with E-state index in [1.54, 1.807) is 26.6 Å². The molecular formula is C9H13BrN2O2. The maximum absolute atomic E-state index is 5.01. The van der Waals surface area contributed by atoms with E-state index in [0.717, 1.165) is 12.1 Å². The first kappa shape index (κ1) is 11.4. The van der Waals surface area contributed by atoms with Crippen molar-refractivity contribution in [1.29, 1.82) is 0 Å². The molecule has 5 heteroatoms. The molecule has 4 nitrogen and oxygen atoms in total. The van der Waals surface area contributed by atoms with Crippen molar-refractivity contribution in [3.05, 3.63) is 18.1 Å². The van der Waals surface area contributed by atoms with Gasteiger partial charge in [0.2, 0.25) is 5.88 Å². The third kappa shape index (κ3) is 3.59. The fraction of sp³-hybridized carbons (Fsp3) is 0.556. The molecule has 14 heavy (non-hydrogen) atoms. The summed E-state index contributed by atoms with van der Waals surface area (Å²) >= 11 is 3.49. The molecule has 0 amide bonds. The van der Waals surface area contributed by atoms with Gasteiger partial charge in [0, 0.05) is 24.6 Å². The molecule has 0 saturated heterocycles. The highest BCUT2D eigenvalue weighted by Crippen LogP contribution is 2.10. The van der Waals surface area contributed by atoms with Gasteiger partial charge in [0.05, 0.1) is 25.6 Å². The highest BCUT2D eigenvalue weighted by atomic mass is 79.9. The van der Waals surface area contributed by atoms with E-state index in [1.165, 1.54) is 0 Å².